The minimum atomic E-state index is -4.74. The van der Waals surface area contributed by atoms with Crippen LogP contribution < -0.4 is 5.32 Å². The van der Waals surface area contributed by atoms with Crippen LogP contribution in [0.5, 0.6) is 0 Å². The molecule has 2 aliphatic heterocycles. The van der Waals surface area contributed by atoms with Gasteiger partial charge in [0.25, 0.3) is 0 Å². The van der Waals surface area contributed by atoms with E-state index in [9.17, 15) is 30.8 Å². The molecule has 2 aromatic rings. The first-order valence-corrected chi connectivity index (χ1v) is 13.0. The van der Waals surface area contributed by atoms with Crippen LogP contribution in [0.4, 0.5) is 22.4 Å². The highest BCUT2D eigenvalue weighted by molar-refractivity contribution is 7.89. The van der Waals surface area contributed by atoms with E-state index >= 15 is 0 Å². The Morgan fingerprint density at radius 3 is 2.54 bits per heavy atom. The summed E-state index contributed by atoms with van der Waals surface area (Å²) in [6.07, 6.45) is -5.20. The molecular formula is C22H19Cl2F4N3O5S. The Bertz CT molecular complexity index is 1350. The number of alkyl carbamates (subject to hydrolysis) is 1. The molecule has 2 aromatic carbocycles. The van der Waals surface area contributed by atoms with Gasteiger partial charge in [-0.25, -0.2) is 17.6 Å². The molecule has 0 aliphatic carbocycles. The number of sulfonamides is 1. The second kappa shape index (κ2) is 10.3. The maximum atomic E-state index is 13.5. The molecule has 2 heterocycles. The number of hydrogen-bond acceptors (Lipinski definition) is 6. The molecule has 0 radical (unpaired) electrons. The monoisotopic (exact) mass is 583 g/mol. The minimum absolute atomic E-state index is 0.0414. The first kappa shape index (κ1) is 27.4. The Kier molecular flexibility index (Phi) is 7.62. The summed E-state index contributed by atoms with van der Waals surface area (Å²) in [6, 6.07) is 6.08. The highest BCUT2D eigenvalue weighted by Crippen LogP contribution is 2.37. The van der Waals surface area contributed by atoms with E-state index in [-0.39, 0.29) is 58.8 Å². The van der Waals surface area contributed by atoms with E-state index in [0.29, 0.717) is 12.1 Å². The second-order valence-corrected chi connectivity index (χ2v) is 11.3. The van der Waals surface area contributed by atoms with Crippen molar-refractivity contribution >= 4 is 45.2 Å². The summed E-state index contributed by atoms with van der Waals surface area (Å²) in [5, 5.41) is 6.26. The van der Waals surface area contributed by atoms with E-state index in [0.717, 1.165) is 6.07 Å². The molecule has 1 amide bonds. The zero-order valence-corrected chi connectivity index (χ0v) is 21.1. The Labute approximate surface area is 219 Å². The van der Waals surface area contributed by atoms with Gasteiger partial charge in [0.2, 0.25) is 15.9 Å². The Balaban J connectivity index is 1.30. The van der Waals surface area contributed by atoms with Gasteiger partial charge in [0, 0.05) is 37.5 Å². The molecule has 2 aliphatic rings. The maximum Gasteiger partial charge on any atom is 0.416 e. The largest absolute Gasteiger partial charge is 0.416 e. The lowest BCUT2D eigenvalue weighted by Gasteiger charge is -2.36. The van der Waals surface area contributed by atoms with Crippen molar-refractivity contribution in [3.63, 3.8) is 0 Å². The van der Waals surface area contributed by atoms with Crippen LogP contribution in [0.15, 0.2) is 46.4 Å². The van der Waals surface area contributed by atoms with Crippen LogP contribution in [-0.2, 0) is 32.3 Å². The molecule has 37 heavy (non-hydrogen) atoms. The molecule has 0 atom stereocenters. The third-order valence-corrected chi connectivity index (χ3v) is 8.51. The van der Waals surface area contributed by atoms with E-state index in [4.69, 9.17) is 32.8 Å². The molecule has 15 heteroatoms. The van der Waals surface area contributed by atoms with E-state index < -0.39 is 45.8 Å². The van der Waals surface area contributed by atoms with Crippen LogP contribution in [0, 0.1) is 5.82 Å². The number of nitrogens with one attached hydrogen (secondary N) is 1. The molecule has 0 unspecified atom stereocenters. The number of halogens is 6. The van der Waals surface area contributed by atoms with Gasteiger partial charge in [0.05, 0.1) is 17.0 Å². The third kappa shape index (κ3) is 6.28. The molecule has 0 bridgehead atoms. The van der Waals surface area contributed by atoms with Crippen LogP contribution in [-0.4, -0.2) is 43.4 Å². The zero-order chi connectivity index (χ0) is 27.0. The molecule has 1 N–H and O–H groups in total. The fourth-order valence-corrected chi connectivity index (χ4v) is 6.17. The summed E-state index contributed by atoms with van der Waals surface area (Å²) < 4.78 is 84.4. The highest BCUT2D eigenvalue weighted by Gasteiger charge is 2.46. The minimum Gasteiger partial charge on any atom is -0.392 e. The SMILES string of the molecule is O=C(NCc1cc(F)cc(C(F)(F)F)c1)OC1=NOC2(CCN(S(=O)(=O)c3cc(Cl)ccc3Cl)CC2)C1. The van der Waals surface area contributed by atoms with Crippen molar-refractivity contribution in [3.8, 4) is 0 Å². The predicted molar refractivity (Wildman–Crippen MR) is 125 cm³/mol. The van der Waals surface area contributed by atoms with Gasteiger partial charge in [-0.1, -0.05) is 28.4 Å². The van der Waals surface area contributed by atoms with Crippen molar-refractivity contribution in [1.82, 2.24) is 9.62 Å². The number of rotatable bonds is 4. The average molecular weight is 584 g/mol. The van der Waals surface area contributed by atoms with Crippen molar-refractivity contribution in [3.05, 3.63) is 63.4 Å². The zero-order valence-electron chi connectivity index (χ0n) is 18.8. The van der Waals surface area contributed by atoms with Gasteiger partial charge < -0.3 is 14.9 Å². The van der Waals surface area contributed by atoms with Gasteiger partial charge in [-0.15, -0.1) is 0 Å². The normalized spacial score (nSPS) is 17.8. The number of benzene rings is 2. The lowest BCUT2D eigenvalue weighted by Crippen LogP contribution is -2.47. The first-order valence-electron chi connectivity index (χ1n) is 10.8. The average Bonchev–Trinajstić information content (AvgIpc) is 3.20. The predicted octanol–water partition coefficient (Wildman–Crippen LogP) is 5.33. The number of hydrogen-bond donors (Lipinski definition) is 1. The summed E-state index contributed by atoms with van der Waals surface area (Å²) in [5.74, 6) is -1.18. The number of amides is 1. The van der Waals surface area contributed by atoms with Crippen molar-refractivity contribution in [1.29, 1.82) is 0 Å². The molecule has 1 spiro atoms. The van der Waals surface area contributed by atoms with E-state index in [1.807, 2.05) is 0 Å². The van der Waals surface area contributed by atoms with Gasteiger partial charge in [0.1, 0.15) is 16.3 Å². The van der Waals surface area contributed by atoms with Crippen LogP contribution in [0.25, 0.3) is 0 Å². The number of oxime groups is 1. The molecule has 1 saturated heterocycles. The quantitative estimate of drug-likeness (QED) is 0.490. The number of nitrogens with zero attached hydrogens (tertiary/aromatic N) is 2. The number of carbonyl (C=O) groups excluding carboxylic acids is 1. The summed E-state index contributed by atoms with van der Waals surface area (Å²) in [6.45, 7) is -0.250. The fraction of sp³-hybridized carbons (Fsp3) is 0.364. The number of piperidine rings is 1. The van der Waals surface area contributed by atoms with Crippen molar-refractivity contribution in [2.45, 2.75) is 42.5 Å². The molecule has 0 saturated carbocycles. The molecule has 1 fully saturated rings. The van der Waals surface area contributed by atoms with E-state index in [1.54, 1.807) is 0 Å². The van der Waals surface area contributed by atoms with E-state index in [1.165, 1.54) is 22.5 Å². The van der Waals surface area contributed by atoms with Gasteiger partial charge in [-0.3, -0.25) is 0 Å². The fourth-order valence-electron chi connectivity index (χ4n) is 3.99. The van der Waals surface area contributed by atoms with Gasteiger partial charge in [-0.05, 0) is 42.0 Å². The number of ether oxygens (including phenoxy) is 1. The maximum absolute atomic E-state index is 13.5. The molecular weight excluding hydrogens is 565 g/mol. The summed E-state index contributed by atoms with van der Waals surface area (Å²) in [4.78, 5) is 17.5. The lowest BCUT2D eigenvalue weighted by molar-refractivity contribution is -0.137. The van der Waals surface area contributed by atoms with Gasteiger partial charge in [0.15, 0.2) is 0 Å². The third-order valence-electron chi connectivity index (χ3n) is 5.89. The molecule has 0 aromatic heterocycles. The highest BCUT2D eigenvalue weighted by atomic mass is 35.5. The van der Waals surface area contributed by atoms with Crippen LogP contribution >= 0.6 is 23.2 Å². The van der Waals surface area contributed by atoms with Crippen LogP contribution in [0.2, 0.25) is 10.0 Å². The van der Waals surface area contributed by atoms with Crippen LogP contribution in [0.3, 0.4) is 0 Å². The van der Waals surface area contributed by atoms with Gasteiger partial charge in [-0.2, -0.15) is 17.5 Å². The molecule has 8 nitrogen and oxygen atoms in total. The van der Waals surface area contributed by atoms with Crippen molar-refractivity contribution in [2.75, 3.05) is 13.1 Å². The Hall–Kier alpha value is -2.61. The Morgan fingerprint density at radius 1 is 1.16 bits per heavy atom. The summed E-state index contributed by atoms with van der Waals surface area (Å²) >= 11 is 12.0. The first-order chi connectivity index (χ1) is 17.3. The number of alkyl halides is 3. The van der Waals surface area contributed by atoms with E-state index in [2.05, 4.69) is 10.5 Å². The second-order valence-electron chi connectivity index (χ2n) is 8.50. The lowest BCUT2D eigenvalue weighted by atomic mass is 9.89. The standard InChI is InChI=1S/C22H19Cl2F4N3O5S/c23-15-1-2-17(24)18(10-15)37(33,34)31-5-3-21(4-6-31)11-19(30-36-21)35-20(32)29-12-13-7-14(22(26,27)28)9-16(25)8-13/h1-2,7-10H,3-6,11-12H2,(H,29,32). The summed E-state index contributed by atoms with van der Waals surface area (Å²) in [5.41, 5.74) is -2.18. The number of carbonyl (C=O) groups is 1. The van der Waals surface area contributed by atoms with Crippen LogP contribution in [0.1, 0.15) is 30.4 Å². The molecule has 4 rings (SSSR count). The smallest absolute Gasteiger partial charge is 0.392 e. The van der Waals surface area contributed by atoms with Gasteiger partial charge >= 0.3 is 12.3 Å². The molecule has 200 valence electrons. The Morgan fingerprint density at radius 2 is 1.86 bits per heavy atom. The van der Waals surface area contributed by atoms with Crippen molar-refractivity contribution in [2.24, 2.45) is 5.16 Å². The topological polar surface area (TPSA) is 97.3 Å². The summed E-state index contributed by atoms with van der Waals surface area (Å²) in [7, 11) is -3.91. The van der Waals surface area contributed by atoms with Crippen molar-refractivity contribution < 1.29 is 40.3 Å².